The van der Waals surface area contributed by atoms with Crippen LogP contribution in [0.1, 0.15) is 50.2 Å². The molecule has 0 bridgehead atoms. The Bertz CT molecular complexity index is 942. The highest BCUT2D eigenvalue weighted by molar-refractivity contribution is 5.89. The molecule has 4 heteroatoms. The number of anilines is 3. The van der Waals surface area contributed by atoms with Crippen LogP contribution in [0, 0.1) is 0 Å². The summed E-state index contributed by atoms with van der Waals surface area (Å²) < 4.78 is 0. The Hall–Kier alpha value is -2.75. The van der Waals surface area contributed by atoms with Crippen LogP contribution in [0.5, 0.6) is 0 Å². The van der Waals surface area contributed by atoms with E-state index in [4.69, 9.17) is 15.0 Å². The van der Waals surface area contributed by atoms with Crippen LogP contribution < -0.4 is 4.90 Å². The zero-order chi connectivity index (χ0) is 17.4. The molecule has 124 valence electrons. The zero-order valence-corrected chi connectivity index (χ0v) is 14.9. The van der Waals surface area contributed by atoms with Crippen molar-refractivity contribution in [3.63, 3.8) is 0 Å². The molecule has 25 heavy (non-hydrogen) atoms. The van der Waals surface area contributed by atoms with Gasteiger partial charge in [0.1, 0.15) is 5.82 Å². The maximum absolute atomic E-state index is 4.79. The zero-order valence-electron chi connectivity index (χ0n) is 14.9. The lowest BCUT2D eigenvalue weighted by molar-refractivity contribution is 0.564. The average Bonchev–Trinajstić information content (AvgIpc) is 2.61. The van der Waals surface area contributed by atoms with Crippen LogP contribution in [0.25, 0.3) is 0 Å². The molecule has 3 aromatic rings. The summed E-state index contributed by atoms with van der Waals surface area (Å²) in [4.78, 5) is 16.5. The predicted octanol–water partition coefficient (Wildman–Crippen LogP) is 4.62. The van der Waals surface area contributed by atoms with Gasteiger partial charge in [0, 0.05) is 29.6 Å². The maximum atomic E-state index is 4.79. The average molecular weight is 328 g/mol. The third kappa shape index (κ3) is 1.64. The fourth-order valence-corrected chi connectivity index (χ4v) is 4.36. The number of rotatable bonds is 0. The lowest BCUT2D eigenvalue weighted by Gasteiger charge is -2.47. The minimum Gasteiger partial charge on any atom is -0.291 e. The van der Waals surface area contributed by atoms with Gasteiger partial charge in [-0.25, -0.2) is 4.98 Å². The first-order valence-corrected chi connectivity index (χ1v) is 8.65. The molecular formula is C21H20N4. The summed E-state index contributed by atoms with van der Waals surface area (Å²) in [6.07, 6.45) is 5.67. The van der Waals surface area contributed by atoms with Gasteiger partial charge in [0.2, 0.25) is 0 Å². The highest BCUT2D eigenvalue weighted by Crippen LogP contribution is 2.57. The number of aromatic nitrogens is 3. The molecule has 0 atom stereocenters. The van der Waals surface area contributed by atoms with E-state index in [-0.39, 0.29) is 10.8 Å². The van der Waals surface area contributed by atoms with Crippen molar-refractivity contribution in [1.82, 2.24) is 15.0 Å². The van der Waals surface area contributed by atoms with Crippen LogP contribution in [0.15, 0.2) is 48.9 Å². The van der Waals surface area contributed by atoms with Gasteiger partial charge in [-0.05, 0) is 43.7 Å². The number of hydrogen-bond acceptors (Lipinski definition) is 4. The van der Waals surface area contributed by atoms with E-state index in [1.165, 1.54) is 16.8 Å². The van der Waals surface area contributed by atoms with E-state index in [1.54, 1.807) is 0 Å². The summed E-state index contributed by atoms with van der Waals surface area (Å²) >= 11 is 0. The SMILES string of the molecule is CC1(C)c2cccnc2N2c3cccnc3C(C)(C)c3nccc1c32. The number of fused-ring (bicyclic) bond motifs is 4. The van der Waals surface area contributed by atoms with Crippen LogP contribution in [0.2, 0.25) is 0 Å². The van der Waals surface area contributed by atoms with Crippen LogP contribution in [0.3, 0.4) is 0 Å². The van der Waals surface area contributed by atoms with Crippen LogP contribution in [-0.4, -0.2) is 15.0 Å². The summed E-state index contributed by atoms with van der Waals surface area (Å²) in [7, 11) is 0. The second-order valence-electron chi connectivity index (χ2n) is 7.89. The van der Waals surface area contributed by atoms with Crippen LogP contribution >= 0.6 is 0 Å². The first-order valence-electron chi connectivity index (χ1n) is 8.65. The normalized spacial score (nSPS) is 18.2. The fourth-order valence-electron chi connectivity index (χ4n) is 4.36. The van der Waals surface area contributed by atoms with Gasteiger partial charge in [-0.1, -0.05) is 19.9 Å². The molecule has 2 aliphatic heterocycles. The number of nitrogens with zero attached hydrogens (tertiary/aromatic N) is 4. The van der Waals surface area contributed by atoms with Gasteiger partial charge in [-0.15, -0.1) is 0 Å². The number of hydrogen-bond donors (Lipinski definition) is 0. The molecule has 0 radical (unpaired) electrons. The molecule has 0 spiro atoms. The van der Waals surface area contributed by atoms with Gasteiger partial charge in [0.15, 0.2) is 0 Å². The van der Waals surface area contributed by atoms with E-state index in [0.717, 1.165) is 22.9 Å². The smallest absolute Gasteiger partial charge is 0.141 e. The Morgan fingerprint density at radius 3 is 2.28 bits per heavy atom. The molecule has 0 saturated carbocycles. The Labute approximate surface area is 147 Å². The van der Waals surface area contributed by atoms with E-state index in [2.05, 4.69) is 50.8 Å². The van der Waals surface area contributed by atoms with E-state index < -0.39 is 0 Å². The first kappa shape index (κ1) is 14.6. The lowest BCUT2D eigenvalue weighted by Crippen LogP contribution is -2.39. The van der Waals surface area contributed by atoms with Gasteiger partial charge < -0.3 is 0 Å². The molecule has 2 aliphatic rings. The number of pyridine rings is 3. The molecule has 0 fully saturated rings. The maximum Gasteiger partial charge on any atom is 0.141 e. The van der Waals surface area contributed by atoms with E-state index in [0.29, 0.717) is 0 Å². The van der Waals surface area contributed by atoms with Crippen LogP contribution in [0.4, 0.5) is 17.2 Å². The Balaban J connectivity index is 1.97. The highest BCUT2D eigenvalue weighted by atomic mass is 15.2. The fraction of sp³-hybridized carbons (Fsp3) is 0.286. The second-order valence-corrected chi connectivity index (χ2v) is 7.89. The molecule has 3 aromatic heterocycles. The van der Waals surface area contributed by atoms with E-state index in [1.807, 2.05) is 30.7 Å². The standard InChI is InChI=1S/C21H20N4/c1-20(2)13-9-12-23-18-16(13)25(19-14(20)7-5-11-24-19)15-8-6-10-22-17(15)21(18,3)4/h5-12H,1-4H3. The largest absolute Gasteiger partial charge is 0.291 e. The van der Waals surface area contributed by atoms with Gasteiger partial charge in [-0.3, -0.25) is 14.9 Å². The minimum atomic E-state index is -0.249. The van der Waals surface area contributed by atoms with Gasteiger partial charge in [0.05, 0.1) is 28.2 Å². The molecule has 0 aromatic carbocycles. The third-order valence-corrected chi connectivity index (χ3v) is 5.70. The quantitative estimate of drug-likeness (QED) is 0.604. The first-order chi connectivity index (χ1) is 11.9. The molecule has 0 saturated heterocycles. The van der Waals surface area contributed by atoms with Crippen molar-refractivity contribution in [2.45, 2.75) is 38.5 Å². The molecule has 5 heterocycles. The summed E-state index contributed by atoms with van der Waals surface area (Å²) in [5.41, 5.74) is 6.54. The molecular weight excluding hydrogens is 308 g/mol. The van der Waals surface area contributed by atoms with Crippen molar-refractivity contribution in [2.24, 2.45) is 0 Å². The van der Waals surface area contributed by atoms with Crippen LogP contribution in [-0.2, 0) is 10.8 Å². The summed E-state index contributed by atoms with van der Waals surface area (Å²) in [6, 6.07) is 10.5. The second kappa shape index (κ2) is 4.45. The van der Waals surface area contributed by atoms with Gasteiger partial charge >= 0.3 is 0 Å². The van der Waals surface area contributed by atoms with Crippen molar-refractivity contribution < 1.29 is 0 Å². The van der Waals surface area contributed by atoms with Crippen molar-refractivity contribution in [1.29, 1.82) is 0 Å². The van der Waals surface area contributed by atoms with E-state index >= 15 is 0 Å². The lowest BCUT2D eigenvalue weighted by atomic mass is 9.70. The summed E-state index contributed by atoms with van der Waals surface area (Å²) in [5.74, 6) is 0.985. The minimum absolute atomic E-state index is 0.122. The Morgan fingerprint density at radius 1 is 0.720 bits per heavy atom. The predicted molar refractivity (Wildman–Crippen MR) is 98.8 cm³/mol. The Kier molecular flexibility index (Phi) is 2.60. The molecule has 0 amide bonds. The van der Waals surface area contributed by atoms with Gasteiger partial charge in [0.25, 0.3) is 0 Å². The van der Waals surface area contributed by atoms with Crippen molar-refractivity contribution in [3.8, 4) is 0 Å². The Morgan fingerprint density at radius 2 is 1.44 bits per heavy atom. The van der Waals surface area contributed by atoms with Crippen molar-refractivity contribution in [3.05, 3.63) is 71.4 Å². The summed E-state index contributed by atoms with van der Waals surface area (Å²) in [6.45, 7) is 8.96. The topological polar surface area (TPSA) is 41.9 Å². The van der Waals surface area contributed by atoms with Gasteiger partial charge in [-0.2, -0.15) is 0 Å². The molecule has 0 N–H and O–H groups in total. The monoisotopic (exact) mass is 328 g/mol. The molecule has 4 nitrogen and oxygen atoms in total. The molecule has 5 rings (SSSR count). The van der Waals surface area contributed by atoms with Crippen molar-refractivity contribution in [2.75, 3.05) is 4.90 Å². The molecule has 0 unspecified atom stereocenters. The highest BCUT2D eigenvalue weighted by Gasteiger charge is 2.47. The molecule has 0 aliphatic carbocycles. The third-order valence-electron chi connectivity index (χ3n) is 5.70. The van der Waals surface area contributed by atoms with Crippen molar-refractivity contribution >= 4 is 17.2 Å². The van der Waals surface area contributed by atoms with E-state index in [9.17, 15) is 0 Å². The summed E-state index contributed by atoms with van der Waals surface area (Å²) in [5, 5.41) is 0.